The van der Waals surface area contributed by atoms with Crippen LogP contribution in [0.3, 0.4) is 0 Å². The molecule has 0 N–H and O–H groups in total. The van der Waals surface area contributed by atoms with Crippen LogP contribution in [0.2, 0.25) is 0 Å². The molecule has 2 heterocycles. The molecule has 0 spiro atoms. The molecule has 0 radical (unpaired) electrons. The van der Waals surface area contributed by atoms with Crippen molar-refractivity contribution in [3.63, 3.8) is 0 Å². The number of hydrogen-bond acceptors (Lipinski definition) is 5. The van der Waals surface area contributed by atoms with Gasteiger partial charge in [-0.25, -0.2) is 0 Å². The molecule has 6 nitrogen and oxygen atoms in total. The Morgan fingerprint density at radius 2 is 1.52 bits per heavy atom. The van der Waals surface area contributed by atoms with Gasteiger partial charge in [-0.3, -0.25) is 4.79 Å². The van der Waals surface area contributed by atoms with E-state index in [2.05, 4.69) is 34.2 Å². The van der Waals surface area contributed by atoms with Crippen molar-refractivity contribution in [1.29, 1.82) is 0 Å². The van der Waals surface area contributed by atoms with Gasteiger partial charge in [0, 0.05) is 31.7 Å². The molecular formula is C25H28N4O2. The fourth-order valence-corrected chi connectivity index (χ4v) is 3.93. The van der Waals surface area contributed by atoms with E-state index in [-0.39, 0.29) is 12.5 Å². The predicted molar refractivity (Wildman–Crippen MR) is 122 cm³/mol. The number of carbonyl (C=O) groups excluding carboxylic acids is 1. The summed E-state index contributed by atoms with van der Waals surface area (Å²) in [4.78, 5) is 16.7. The second-order valence-electron chi connectivity index (χ2n) is 7.97. The van der Waals surface area contributed by atoms with Gasteiger partial charge < -0.3 is 14.5 Å². The Hall–Kier alpha value is -3.41. The Balaban J connectivity index is 1.32. The normalized spacial score (nSPS) is 13.9. The number of rotatable bonds is 5. The van der Waals surface area contributed by atoms with E-state index in [1.165, 1.54) is 5.56 Å². The smallest absolute Gasteiger partial charge is 0.260 e. The van der Waals surface area contributed by atoms with Gasteiger partial charge in [-0.15, -0.1) is 10.2 Å². The van der Waals surface area contributed by atoms with E-state index >= 15 is 0 Å². The molecule has 0 bridgehead atoms. The van der Waals surface area contributed by atoms with Gasteiger partial charge in [0.2, 0.25) is 0 Å². The van der Waals surface area contributed by atoms with Gasteiger partial charge in [-0.05, 0) is 49.6 Å². The topological polar surface area (TPSA) is 58.6 Å². The van der Waals surface area contributed by atoms with E-state index in [0.29, 0.717) is 13.1 Å². The summed E-state index contributed by atoms with van der Waals surface area (Å²) in [6.45, 7) is 8.89. The number of ether oxygens (including phenoxy) is 1. The van der Waals surface area contributed by atoms with Crippen molar-refractivity contribution in [3.05, 3.63) is 71.3 Å². The number of piperazine rings is 1. The van der Waals surface area contributed by atoms with Gasteiger partial charge >= 0.3 is 0 Å². The molecule has 0 unspecified atom stereocenters. The summed E-state index contributed by atoms with van der Waals surface area (Å²) in [5.41, 5.74) is 5.25. The molecule has 3 aromatic rings. The minimum Gasteiger partial charge on any atom is -0.483 e. The molecule has 2 aromatic carbocycles. The molecular weight excluding hydrogens is 388 g/mol. The van der Waals surface area contributed by atoms with Crippen LogP contribution in [0, 0.1) is 20.8 Å². The highest BCUT2D eigenvalue weighted by molar-refractivity contribution is 5.78. The standard InChI is InChI=1S/C25H28N4O2/c1-18-7-4-5-10-21(18)22-11-12-23(27-26-22)28-13-15-29(16-14-28)24(30)17-31-25-19(2)8-6-9-20(25)3/h4-12H,13-17H2,1-3H3. The van der Waals surface area contributed by atoms with Gasteiger partial charge in [-0.2, -0.15) is 0 Å². The van der Waals surface area contributed by atoms with Crippen molar-refractivity contribution in [1.82, 2.24) is 15.1 Å². The van der Waals surface area contributed by atoms with Crippen LogP contribution in [0.25, 0.3) is 11.3 Å². The van der Waals surface area contributed by atoms with Gasteiger partial charge in [0.15, 0.2) is 12.4 Å². The van der Waals surface area contributed by atoms with E-state index in [9.17, 15) is 4.79 Å². The minimum absolute atomic E-state index is 0.0169. The maximum Gasteiger partial charge on any atom is 0.260 e. The number of benzene rings is 2. The maximum absolute atomic E-state index is 12.6. The van der Waals surface area contributed by atoms with Gasteiger partial charge in [0.25, 0.3) is 5.91 Å². The molecule has 4 rings (SSSR count). The van der Waals surface area contributed by atoms with Crippen LogP contribution < -0.4 is 9.64 Å². The summed E-state index contributed by atoms with van der Waals surface area (Å²) in [7, 11) is 0. The molecule has 1 aliphatic rings. The lowest BCUT2D eigenvalue weighted by Gasteiger charge is -2.35. The van der Waals surface area contributed by atoms with Crippen molar-refractivity contribution < 1.29 is 9.53 Å². The van der Waals surface area contributed by atoms with E-state index in [4.69, 9.17) is 4.74 Å². The first-order chi connectivity index (χ1) is 15.0. The molecule has 31 heavy (non-hydrogen) atoms. The quantitative estimate of drug-likeness (QED) is 0.633. The van der Waals surface area contributed by atoms with Crippen LogP contribution in [-0.4, -0.2) is 53.8 Å². The number of carbonyl (C=O) groups is 1. The average molecular weight is 417 g/mol. The first-order valence-corrected chi connectivity index (χ1v) is 10.6. The van der Waals surface area contributed by atoms with Crippen molar-refractivity contribution >= 4 is 11.7 Å². The SMILES string of the molecule is Cc1ccccc1-c1ccc(N2CCN(C(=O)COc3c(C)cccc3C)CC2)nn1. The van der Waals surface area contributed by atoms with Crippen LogP contribution in [0.1, 0.15) is 16.7 Å². The van der Waals surface area contributed by atoms with Crippen molar-refractivity contribution in [2.24, 2.45) is 0 Å². The third-order valence-electron chi connectivity index (χ3n) is 5.78. The number of aromatic nitrogens is 2. The summed E-state index contributed by atoms with van der Waals surface area (Å²) in [6, 6.07) is 18.2. The van der Waals surface area contributed by atoms with Crippen LogP contribution in [0.15, 0.2) is 54.6 Å². The van der Waals surface area contributed by atoms with Crippen molar-refractivity contribution in [2.45, 2.75) is 20.8 Å². The molecule has 1 amide bonds. The number of anilines is 1. The van der Waals surface area contributed by atoms with Gasteiger partial charge in [-0.1, -0.05) is 42.5 Å². The highest BCUT2D eigenvalue weighted by Gasteiger charge is 2.23. The average Bonchev–Trinajstić information content (AvgIpc) is 2.79. The summed E-state index contributed by atoms with van der Waals surface area (Å²) < 4.78 is 5.83. The molecule has 1 aliphatic heterocycles. The van der Waals surface area contributed by atoms with E-state index < -0.39 is 0 Å². The zero-order chi connectivity index (χ0) is 21.8. The number of aryl methyl sites for hydroxylation is 3. The summed E-state index contributed by atoms with van der Waals surface area (Å²) in [5, 5.41) is 8.86. The Kier molecular flexibility index (Phi) is 6.16. The monoisotopic (exact) mass is 416 g/mol. The molecule has 6 heteroatoms. The second-order valence-corrected chi connectivity index (χ2v) is 7.97. The zero-order valence-electron chi connectivity index (χ0n) is 18.3. The first kappa shape index (κ1) is 20.8. The highest BCUT2D eigenvalue weighted by atomic mass is 16.5. The summed E-state index contributed by atoms with van der Waals surface area (Å²) in [6.07, 6.45) is 0. The third kappa shape index (κ3) is 4.68. The fourth-order valence-electron chi connectivity index (χ4n) is 3.93. The molecule has 0 atom stereocenters. The van der Waals surface area contributed by atoms with Crippen LogP contribution in [0.5, 0.6) is 5.75 Å². The Labute approximate surface area is 183 Å². The van der Waals surface area contributed by atoms with Crippen LogP contribution in [0.4, 0.5) is 5.82 Å². The maximum atomic E-state index is 12.6. The molecule has 0 aliphatic carbocycles. The van der Waals surface area contributed by atoms with Crippen molar-refractivity contribution in [2.75, 3.05) is 37.7 Å². The van der Waals surface area contributed by atoms with E-state index in [0.717, 1.165) is 47.0 Å². The summed E-state index contributed by atoms with van der Waals surface area (Å²) in [5.74, 6) is 1.66. The van der Waals surface area contributed by atoms with Crippen LogP contribution >= 0.6 is 0 Å². The first-order valence-electron chi connectivity index (χ1n) is 10.6. The third-order valence-corrected chi connectivity index (χ3v) is 5.78. The van der Waals surface area contributed by atoms with E-state index in [1.54, 1.807) is 0 Å². The number of amides is 1. The highest BCUT2D eigenvalue weighted by Crippen LogP contribution is 2.23. The number of hydrogen-bond donors (Lipinski definition) is 0. The Bertz CT molecular complexity index is 1040. The van der Waals surface area contributed by atoms with Crippen molar-refractivity contribution in [3.8, 4) is 17.0 Å². The minimum atomic E-state index is 0.0169. The lowest BCUT2D eigenvalue weighted by molar-refractivity contribution is -0.133. The lowest BCUT2D eigenvalue weighted by Crippen LogP contribution is -2.50. The van der Waals surface area contributed by atoms with Crippen LogP contribution in [-0.2, 0) is 4.79 Å². The zero-order valence-corrected chi connectivity index (χ0v) is 18.3. The predicted octanol–water partition coefficient (Wildman–Crippen LogP) is 3.80. The summed E-state index contributed by atoms with van der Waals surface area (Å²) >= 11 is 0. The molecule has 1 fully saturated rings. The molecule has 1 saturated heterocycles. The van der Waals surface area contributed by atoms with Gasteiger partial charge in [0.05, 0.1) is 5.69 Å². The second kappa shape index (κ2) is 9.16. The lowest BCUT2D eigenvalue weighted by atomic mass is 10.1. The Morgan fingerprint density at radius 3 is 2.16 bits per heavy atom. The fraction of sp³-hybridized carbons (Fsp3) is 0.320. The molecule has 160 valence electrons. The number of para-hydroxylation sites is 1. The molecule has 1 aromatic heterocycles. The largest absolute Gasteiger partial charge is 0.483 e. The van der Waals surface area contributed by atoms with Gasteiger partial charge in [0.1, 0.15) is 5.75 Å². The van der Waals surface area contributed by atoms with E-state index in [1.807, 2.05) is 61.2 Å². The Morgan fingerprint density at radius 1 is 0.839 bits per heavy atom. The molecule has 0 saturated carbocycles. The number of nitrogens with zero attached hydrogens (tertiary/aromatic N) is 4.